The third-order valence-electron chi connectivity index (χ3n) is 2.14. The SMILES string of the molecule is CC(Cc1ccco1)Nc1ncncc1I. The van der Waals surface area contributed by atoms with Crippen molar-refractivity contribution in [1.29, 1.82) is 0 Å². The largest absolute Gasteiger partial charge is 0.469 e. The highest BCUT2D eigenvalue weighted by Gasteiger charge is 2.08. The van der Waals surface area contributed by atoms with E-state index in [4.69, 9.17) is 4.42 Å². The van der Waals surface area contributed by atoms with Crippen LogP contribution >= 0.6 is 22.6 Å². The number of halogens is 1. The Labute approximate surface area is 108 Å². The lowest BCUT2D eigenvalue weighted by Crippen LogP contribution is -2.19. The number of nitrogens with one attached hydrogen (secondary N) is 1. The van der Waals surface area contributed by atoms with Gasteiger partial charge in [0.15, 0.2) is 0 Å². The van der Waals surface area contributed by atoms with Crippen molar-refractivity contribution in [2.75, 3.05) is 5.32 Å². The minimum absolute atomic E-state index is 0.273. The van der Waals surface area contributed by atoms with Crippen molar-refractivity contribution in [2.24, 2.45) is 0 Å². The van der Waals surface area contributed by atoms with Crippen molar-refractivity contribution >= 4 is 28.4 Å². The Balaban J connectivity index is 1.97. The second-order valence-corrected chi connectivity index (χ2v) is 4.71. The van der Waals surface area contributed by atoms with E-state index in [1.807, 2.05) is 12.1 Å². The van der Waals surface area contributed by atoms with Gasteiger partial charge in [0, 0.05) is 18.7 Å². The Morgan fingerprint density at radius 2 is 2.44 bits per heavy atom. The molecule has 2 heterocycles. The van der Waals surface area contributed by atoms with Gasteiger partial charge in [-0.15, -0.1) is 0 Å². The average Bonchev–Trinajstić information content (AvgIpc) is 2.74. The van der Waals surface area contributed by atoms with Gasteiger partial charge in [0.2, 0.25) is 0 Å². The van der Waals surface area contributed by atoms with Gasteiger partial charge in [0.1, 0.15) is 17.9 Å². The van der Waals surface area contributed by atoms with Crippen LogP contribution in [0.5, 0.6) is 0 Å². The Hall–Kier alpha value is -1.11. The lowest BCUT2D eigenvalue weighted by Gasteiger charge is -2.13. The summed E-state index contributed by atoms with van der Waals surface area (Å²) in [6.45, 7) is 2.10. The van der Waals surface area contributed by atoms with Crippen molar-refractivity contribution in [1.82, 2.24) is 9.97 Å². The first-order valence-electron chi connectivity index (χ1n) is 5.00. The molecule has 0 aliphatic rings. The van der Waals surface area contributed by atoms with Gasteiger partial charge >= 0.3 is 0 Å². The number of rotatable bonds is 4. The molecule has 0 radical (unpaired) electrons. The first kappa shape index (κ1) is 11.4. The normalized spacial score (nSPS) is 12.4. The van der Waals surface area contributed by atoms with Crippen LogP contribution in [-0.4, -0.2) is 16.0 Å². The molecule has 1 atom stereocenters. The van der Waals surface area contributed by atoms with Crippen LogP contribution in [0.4, 0.5) is 5.82 Å². The van der Waals surface area contributed by atoms with Crippen molar-refractivity contribution in [3.8, 4) is 0 Å². The number of furan rings is 1. The summed E-state index contributed by atoms with van der Waals surface area (Å²) >= 11 is 2.21. The van der Waals surface area contributed by atoms with Gasteiger partial charge in [0.05, 0.1) is 9.83 Å². The van der Waals surface area contributed by atoms with Gasteiger partial charge in [-0.2, -0.15) is 0 Å². The highest BCUT2D eigenvalue weighted by atomic mass is 127. The molecule has 0 fully saturated rings. The van der Waals surface area contributed by atoms with Crippen molar-refractivity contribution in [3.63, 3.8) is 0 Å². The molecule has 0 aliphatic heterocycles. The molecule has 2 rings (SSSR count). The van der Waals surface area contributed by atoms with E-state index in [0.717, 1.165) is 21.6 Å². The molecular weight excluding hydrogens is 317 g/mol. The van der Waals surface area contributed by atoms with Gasteiger partial charge in [0.25, 0.3) is 0 Å². The van der Waals surface area contributed by atoms with Crippen LogP contribution in [0, 0.1) is 3.57 Å². The van der Waals surface area contributed by atoms with Gasteiger partial charge in [-0.3, -0.25) is 0 Å². The molecule has 4 nitrogen and oxygen atoms in total. The Morgan fingerprint density at radius 1 is 1.56 bits per heavy atom. The third-order valence-corrected chi connectivity index (χ3v) is 2.93. The molecule has 5 heteroatoms. The maximum absolute atomic E-state index is 5.30. The van der Waals surface area contributed by atoms with E-state index in [0.29, 0.717) is 0 Å². The quantitative estimate of drug-likeness (QED) is 0.877. The van der Waals surface area contributed by atoms with Crippen LogP contribution in [0.15, 0.2) is 35.3 Å². The zero-order valence-corrected chi connectivity index (χ0v) is 11.0. The van der Waals surface area contributed by atoms with Gasteiger partial charge < -0.3 is 9.73 Å². The number of aromatic nitrogens is 2. The maximum atomic E-state index is 5.30. The summed E-state index contributed by atoms with van der Waals surface area (Å²) in [4.78, 5) is 8.14. The van der Waals surface area contributed by atoms with E-state index in [9.17, 15) is 0 Å². The third kappa shape index (κ3) is 2.94. The average molecular weight is 329 g/mol. The van der Waals surface area contributed by atoms with Crippen molar-refractivity contribution in [2.45, 2.75) is 19.4 Å². The summed E-state index contributed by atoms with van der Waals surface area (Å²) in [5.41, 5.74) is 0. The number of hydrogen-bond acceptors (Lipinski definition) is 4. The first-order valence-corrected chi connectivity index (χ1v) is 6.08. The Bertz CT molecular complexity index is 444. The molecule has 0 amide bonds. The summed E-state index contributed by atoms with van der Waals surface area (Å²) in [6, 6.07) is 4.15. The van der Waals surface area contributed by atoms with E-state index in [1.165, 1.54) is 0 Å². The van der Waals surface area contributed by atoms with E-state index in [-0.39, 0.29) is 6.04 Å². The summed E-state index contributed by atoms with van der Waals surface area (Å²) in [5.74, 6) is 1.85. The smallest absolute Gasteiger partial charge is 0.143 e. The summed E-state index contributed by atoms with van der Waals surface area (Å²) < 4.78 is 6.32. The number of nitrogens with zero attached hydrogens (tertiary/aromatic N) is 2. The van der Waals surface area contributed by atoms with Crippen molar-refractivity contribution in [3.05, 3.63) is 40.3 Å². The second-order valence-electron chi connectivity index (χ2n) is 3.55. The highest BCUT2D eigenvalue weighted by molar-refractivity contribution is 14.1. The fourth-order valence-electron chi connectivity index (χ4n) is 1.43. The fraction of sp³-hybridized carbons (Fsp3) is 0.273. The van der Waals surface area contributed by atoms with Crippen LogP contribution in [0.25, 0.3) is 0 Å². The van der Waals surface area contributed by atoms with Gasteiger partial charge in [-0.25, -0.2) is 9.97 Å². The topological polar surface area (TPSA) is 51.0 Å². The molecule has 0 bridgehead atoms. The molecule has 84 valence electrons. The van der Waals surface area contributed by atoms with E-state index in [2.05, 4.69) is 44.8 Å². The molecular formula is C11H12IN3O. The molecule has 0 spiro atoms. The van der Waals surface area contributed by atoms with Gasteiger partial charge in [-0.1, -0.05) is 0 Å². The number of anilines is 1. The molecule has 1 unspecified atom stereocenters. The summed E-state index contributed by atoms with van der Waals surface area (Å²) in [5, 5.41) is 3.33. The molecule has 2 aromatic heterocycles. The second kappa shape index (κ2) is 5.29. The molecule has 16 heavy (non-hydrogen) atoms. The molecule has 0 saturated carbocycles. The Kier molecular flexibility index (Phi) is 3.76. The van der Waals surface area contributed by atoms with Crippen LogP contribution in [0.1, 0.15) is 12.7 Å². The van der Waals surface area contributed by atoms with Crippen LogP contribution in [0.3, 0.4) is 0 Å². The predicted octanol–water partition coefficient (Wildman–Crippen LogP) is 2.72. The highest BCUT2D eigenvalue weighted by Crippen LogP contribution is 2.15. The summed E-state index contributed by atoms with van der Waals surface area (Å²) in [6.07, 6.45) is 5.86. The maximum Gasteiger partial charge on any atom is 0.143 e. The molecule has 0 aromatic carbocycles. The molecule has 1 N–H and O–H groups in total. The van der Waals surface area contributed by atoms with E-state index in [1.54, 1.807) is 18.8 Å². The lowest BCUT2D eigenvalue weighted by molar-refractivity contribution is 0.497. The van der Waals surface area contributed by atoms with E-state index >= 15 is 0 Å². The fourth-order valence-corrected chi connectivity index (χ4v) is 1.89. The lowest BCUT2D eigenvalue weighted by atomic mass is 10.2. The number of hydrogen-bond donors (Lipinski definition) is 1. The standard InChI is InChI=1S/C11H12IN3O/c1-8(5-9-3-2-4-16-9)15-11-10(12)6-13-7-14-11/h2-4,6-8H,5H2,1H3,(H,13,14,15). The molecule has 0 saturated heterocycles. The van der Waals surface area contributed by atoms with Crippen LogP contribution in [-0.2, 0) is 6.42 Å². The minimum Gasteiger partial charge on any atom is -0.469 e. The van der Waals surface area contributed by atoms with E-state index < -0.39 is 0 Å². The van der Waals surface area contributed by atoms with Crippen molar-refractivity contribution < 1.29 is 4.42 Å². The summed E-state index contributed by atoms with van der Waals surface area (Å²) in [7, 11) is 0. The monoisotopic (exact) mass is 329 g/mol. The van der Waals surface area contributed by atoms with Crippen LogP contribution in [0.2, 0.25) is 0 Å². The predicted molar refractivity (Wildman–Crippen MR) is 70.2 cm³/mol. The Morgan fingerprint density at radius 3 is 3.12 bits per heavy atom. The molecule has 2 aromatic rings. The van der Waals surface area contributed by atoms with Gasteiger partial charge in [-0.05, 0) is 41.6 Å². The zero-order chi connectivity index (χ0) is 11.4. The minimum atomic E-state index is 0.273. The van der Waals surface area contributed by atoms with Crippen LogP contribution < -0.4 is 5.32 Å². The first-order chi connectivity index (χ1) is 7.75. The zero-order valence-electron chi connectivity index (χ0n) is 8.85. The molecule has 0 aliphatic carbocycles.